The SMILES string of the molecule is N#Cc1ccc(N2CCCN(CCC(=O)N3CCN(c4ccc(F)cc4)CC3)CC2)cc1. The van der Waals surface area contributed by atoms with Gasteiger partial charge in [-0.3, -0.25) is 4.79 Å². The molecule has 32 heavy (non-hydrogen) atoms. The highest BCUT2D eigenvalue weighted by atomic mass is 19.1. The van der Waals surface area contributed by atoms with E-state index in [4.69, 9.17) is 5.26 Å². The van der Waals surface area contributed by atoms with Crippen molar-refractivity contribution < 1.29 is 9.18 Å². The van der Waals surface area contributed by atoms with Crippen LogP contribution in [0.15, 0.2) is 48.5 Å². The lowest BCUT2D eigenvalue weighted by molar-refractivity contribution is -0.131. The Labute approximate surface area is 189 Å². The average molecular weight is 436 g/mol. The number of halogens is 1. The van der Waals surface area contributed by atoms with Crippen molar-refractivity contribution in [2.45, 2.75) is 12.8 Å². The number of piperazine rings is 1. The van der Waals surface area contributed by atoms with Crippen LogP contribution in [-0.4, -0.2) is 74.6 Å². The minimum absolute atomic E-state index is 0.219. The smallest absolute Gasteiger partial charge is 0.223 e. The highest BCUT2D eigenvalue weighted by Gasteiger charge is 2.22. The molecular weight excluding hydrogens is 405 g/mol. The van der Waals surface area contributed by atoms with E-state index < -0.39 is 0 Å². The van der Waals surface area contributed by atoms with Crippen molar-refractivity contribution >= 4 is 17.3 Å². The summed E-state index contributed by atoms with van der Waals surface area (Å²) in [5, 5.41) is 8.97. The van der Waals surface area contributed by atoms with E-state index in [-0.39, 0.29) is 11.7 Å². The van der Waals surface area contributed by atoms with Crippen molar-refractivity contribution in [3.8, 4) is 6.07 Å². The molecule has 2 fully saturated rings. The molecule has 0 bridgehead atoms. The molecule has 2 aromatic carbocycles. The van der Waals surface area contributed by atoms with Crippen LogP contribution in [0.4, 0.5) is 15.8 Å². The van der Waals surface area contributed by atoms with E-state index in [9.17, 15) is 9.18 Å². The summed E-state index contributed by atoms with van der Waals surface area (Å²) in [4.78, 5) is 21.7. The number of hydrogen-bond donors (Lipinski definition) is 0. The number of anilines is 2. The van der Waals surface area contributed by atoms with Crippen molar-refractivity contribution in [3.63, 3.8) is 0 Å². The van der Waals surface area contributed by atoms with Gasteiger partial charge in [-0.25, -0.2) is 4.39 Å². The van der Waals surface area contributed by atoms with Crippen LogP contribution in [-0.2, 0) is 4.79 Å². The lowest BCUT2D eigenvalue weighted by atomic mass is 10.2. The molecule has 4 rings (SSSR count). The van der Waals surface area contributed by atoms with E-state index in [0.29, 0.717) is 25.1 Å². The lowest BCUT2D eigenvalue weighted by Gasteiger charge is -2.36. The minimum atomic E-state index is -0.226. The quantitative estimate of drug-likeness (QED) is 0.723. The van der Waals surface area contributed by atoms with E-state index in [1.807, 2.05) is 29.2 Å². The zero-order valence-electron chi connectivity index (χ0n) is 18.4. The number of carbonyl (C=O) groups excluding carboxylic acids is 1. The van der Waals surface area contributed by atoms with Crippen molar-refractivity contribution in [2.24, 2.45) is 0 Å². The van der Waals surface area contributed by atoms with Crippen molar-refractivity contribution in [3.05, 3.63) is 59.9 Å². The lowest BCUT2D eigenvalue weighted by Crippen LogP contribution is -2.49. The maximum Gasteiger partial charge on any atom is 0.223 e. The van der Waals surface area contributed by atoms with Gasteiger partial charge < -0.3 is 19.6 Å². The zero-order chi connectivity index (χ0) is 22.3. The first kappa shape index (κ1) is 22.1. The Morgan fingerprint density at radius 2 is 1.41 bits per heavy atom. The highest BCUT2D eigenvalue weighted by Crippen LogP contribution is 2.19. The number of nitriles is 1. The van der Waals surface area contributed by atoms with E-state index in [0.717, 1.165) is 63.6 Å². The molecule has 0 atom stereocenters. The summed E-state index contributed by atoms with van der Waals surface area (Å²) in [5.74, 6) is -0.00643. The standard InChI is InChI=1S/C25H30FN5O/c26-22-4-8-24(9-5-22)30-16-18-31(19-17-30)25(32)10-13-28-11-1-12-29(15-14-28)23-6-2-21(20-27)3-7-23/h2-9H,1,10-19H2. The second-order valence-electron chi connectivity index (χ2n) is 8.44. The molecule has 2 aliphatic heterocycles. The average Bonchev–Trinajstić information content (AvgIpc) is 3.09. The molecule has 6 nitrogen and oxygen atoms in total. The summed E-state index contributed by atoms with van der Waals surface area (Å²) in [6.07, 6.45) is 1.61. The molecule has 0 N–H and O–H groups in total. The Bertz CT molecular complexity index is 932. The zero-order valence-corrected chi connectivity index (χ0v) is 18.4. The number of carbonyl (C=O) groups is 1. The van der Waals surface area contributed by atoms with Gasteiger partial charge in [-0.05, 0) is 61.5 Å². The number of nitrogens with zero attached hydrogens (tertiary/aromatic N) is 5. The van der Waals surface area contributed by atoms with Gasteiger partial charge in [0.1, 0.15) is 5.82 Å². The summed E-state index contributed by atoms with van der Waals surface area (Å²) in [6.45, 7) is 7.62. The third-order valence-corrected chi connectivity index (χ3v) is 6.42. The van der Waals surface area contributed by atoms with Crippen LogP contribution < -0.4 is 9.80 Å². The number of amides is 1. The van der Waals surface area contributed by atoms with Gasteiger partial charge in [-0.15, -0.1) is 0 Å². The number of rotatable bonds is 5. The normalized spacial score (nSPS) is 17.7. The van der Waals surface area contributed by atoms with E-state index in [1.165, 1.54) is 12.1 Å². The largest absolute Gasteiger partial charge is 0.370 e. The maximum absolute atomic E-state index is 13.1. The molecule has 2 aromatic rings. The molecule has 2 saturated heterocycles. The van der Waals surface area contributed by atoms with Gasteiger partial charge in [0.25, 0.3) is 0 Å². The van der Waals surface area contributed by atoms with Crippen molar-refractivity contribution in [1.29, 1.82) is 5.26 Å². The molecule has 0 saturated carbocycles. The third kappa shape index (κ3) is 5.57. The maximum atomic E-state index is 13.1. The Balaban J connectivity index is 1.20. The Hall–Kier alpha value is -3.11. The van der Waals surface area contributed by atoms with Crippen LogP contribution in [0.5, 0.6) is 0 Å². The Morgan fingerprint density at radius 1 is 0.812 bits per heavy atom. The molecule has 2 heterocycles. The molecule has 2 aliphatic rings. The van der Waals surface area contributed by atoms with Crippen LogP contribution in [0, 0.1) is 17.1 Å². The molecule has 0 aromatic heterocycles. The third-order valence-electron chi connectivity index (χ3n) is 6.42. The summed E-state index contributed by atoms with van der Waals surface area (Å²) >= 11 is 0. The van der Waals surface area contributed by atoms with Crippen LogP contribution in [0.25, 0.3) is 0 Å². The first-order chi connectivity index (χ1) is 15.6. The summed E-state index contributed by atoms with van der Waals surface area (Å²) < 4.78 is 13.1. The fraction of sp³-hybridized carbons (Fsp3) is 0.440. The van der Waals surface area contributed by atoms with Gasteiger partial charge in [0, 0.05) is 70.2 Å². The monoisotopic (exact) mass is 435 g/mol. The predicted octanol–water partition coefficient (Wildman–Crippen LogP) is 2.95. The Morgan fingerprint density at radius 3 is 2.06 bits per heavy atom. The van der Waals surface area contributed by atoms with Gasteiger partial charge in [-0.1, -0.05) is 0 Å². The molecule has 0 spiro atoms. The van der Waals surface area contributed by atoms with E-state index >= 15 is 0 Å². The van der Waals surface area contributed by atoms with Gasteiger partial charge in [0.05, 0.1) is 11.6 Å². The van der Waals surface area contributed by atoms with Gasteiger partial charge in [0.15, 0.2) is 0 Å². The molecule has 0 radical (unpaired) electrons. The molecule has 1 amide bonds. The topological polar surface area (TPSA) is 53.8 Å². The number of hydrogen-bond acceptors (Lipinski definition) is 5. The first-order valence-electron chi connectivity index (χ1n) is 11.4. The molecule has 7 heteroatoms. The fourth-order valence-corrected chi connectivity index (χ4v) is 4.48. The van der Waals surface area contributed by atoms with E-state index in [2.05, 4.69) is 20.8 Å². The minimum Gasteiger partial charge on any atom is -0.370 e. The predicted molar refractivity (Wildman–Crippen MR) is 124 cm³/mol. The van der Waals surface area contributed by atoms with Crippen molar-refractivity contribution in [1.82, 2.24) is 9.80 Å². The number of benzene rings is 2. The first-order valence-corrected chi connectivity index (χ1v) is 11.4. The second-order valence-corrected chi connectivity index (χ2v) is 8.44. The molecular formula is C25H30FN5O. The van der Waals surface area contributed by atoms with Crippen LogP contribution in [0.2, 0.25) is 0 Å². The fourth-order valence-electron chi connectivity index (χ4n) is 4.48. The van der Waals surface area contributed by atoms with E-state index in [1.54, 1.807) is 12.1 Å². The van der Waals surface area contributed by atoms with Crippen LogP contribution in [0.1, 0.15) is 18.4 Å². The Kier molecular flexibility index (Phi) is 7.23. The summed E-state index contributed by atoms with van der Waals surface area (Å²) in [6, 6.07) is 16.5. The van der Waals surface area contributed by atoms with Gasteiger partial charge in [-0.2, -0.15) is 5.26 Å². The van der Waals surface area contributed by atoms with Crippen LogP contribution in [0.3, 0.4) is 0 Å². The summed E-state index contributed by atoms with van der Waals surface area (Å²) in [5.41, 5.74) is 2.85. The molecule has 0 unspecified atom stereocenters. The molecule has 168 valence electrons. The van der Waals surface area contributed by atoms with Gasteiger partial charge >= 0.3 is 0 Å². The second kappa shape index (κ2) is 10.5. The van der Waals surface area contributed by atoms with Gasteiger partial charge in [0.2, 0.25) is 5.91 Å². The van der Waals surface area contributed by atoms with Crippen molar-refractivity contribution in [2.75, 3.05) is 68.7 Å². The summed E-state index contributed by atoms with van der Waals surface area (Å²) in [7, 11) is 0. The van der Waals surface area contributed by atoms with Crippen LogP contribution >= 0.6 is 0 Å². The highest BCUT2D eigenvalue weighted by molar-refractivity contribution is 5.76. The molecule has 0 aliphatic carbocycles.